The zero-order chi connectivity index (χ0) is 29.0. The Bertz CT molecular complexity index is 1690. The highest BCUT2D eigenvalue weighted by atomic mass is 32.2. The first-order valence-corrected chi connectivity index (χ1v) is 13.3. The third-order valence-electron chi connectivity index (χ3n) is 6.03. The Labute approximate surface area is 228 Å². The number of nitrogens with two attached hydrogens (primary N) is 1. The number of pyridine rings is 1. The Hall–Kier alpha value is -4.71. The number of aryl methyl sites for hydroxylation is 1. The molecule has 4 N–H and O–H groups in total. The van der Waals surface area contributed by atoms with Gasteiger partial charge in [-0.25, -0.2) is 31.1 Å². The van der Waals surface area contributed by atoms with E-state index in [0.29, 0.717) is 28.5 Å². The normalized spacial score (nSPS) is 12.0. The molecule has 3 aromatic carbocycles. The standard InChI is InChI=1S/C28H23F3N4O4S/c1-16-5-2-3-7-26(16)40(38,39)35-28(37)34-24(18-11-19(29)14-20(30)12-18)15-25-21(6-4-10-33-25)17-8-9-23(31)22(13-17)27(32)36/h2-14,24H,15H2,1H3,(H2,32,36)(H2,34,35,37). The van der Waals surface area contributed by atoms with E-state index in [1.54, 1.807) is 31.2 Å². The molecule has 1 atom stereocenters. The summed E-state index contributed by atoms with van der Waals surface area (Å²) >= 11 is 0. The molecule has 0 aliphatic rings. The maximum atomic E-state index is 14.1. The van der Waals surface area contributed by atoms with Crippen LogP contribution < -0.4 is 15.8 Å². The van der Waals surface area contributed by atoms with Gasteiger partial charge in [-0.3, -0.25) is 9.78 Å². The zero-order valence-electron chi connectivity index (χ0n) is 21.0. The number of benzene rings is 3. The predicted molar refractivity (Wildman–Crippen MR) is 141 cm³/mol. The number of carbonyl (C=O) groups is 2. The van der Waals surface area contributed by atoms with Gasteiger partial charge in [-0.1, -0.05) is 30.3 Å². The highest BCUT2D eigenvalue weighted by Gasteiger charge is 2.24. The van der Waals surface area contributed by atoms with Crippen LogP contribution in [0.25, 0.3) is 11.1 Å². The molecule has 1 heterocycles. The van der Waals surface area contributed by atoms with Crippen LogP contribution in [0.2, 0.25) is 0 Å². The number of hydrogen-bond donors (Lipinski definition) is 3. The van der Waals surface area contributed by atoms with Crippen molar-refractivity contribution in [1.82, 2.24) is 15.0 Å². The van der Waals surface area contributed by atoms with E-state index in [4.69, 9.17) is 5.73 Å². The number of nitrogens with zero attached hydrogens (tertiary/aromatic N) is 1. The third kappa shape index (κ3) is 6.46. The van der Waals surface area contributed by atoms with Crippen molar-refractivity contribution in [2.24, 2.45) is 5.73 Å². The summed E-state index contributed by atoms with van der Waals surface area (Å²) in [6.45, 7) is 1.56. The predicted octanol–water partition coefficient (Wildman–Crippen LogP) is 4.55. The number of nitrogens with one attached hydrogen (secondary N) is 2. The van der Waals surface area contributed by atoms with Crippen LogP contribution in [0.1, 0.15) is 33.2 Å². The molecule has 206 valence electrons. The first-order valence-electron chi connectivity index (χ1n) is 11.8. The second-order valence-corrected chi connectivity index (χ2v) is 10.5. The fourth-order valence-corrected chi connectivity index (χ4v) is 5.35. The van der Waals surface area contributed by atoms with E-state index in [0.717, 1.165) is 18.2 Å². The fraction of sp³-hybridized carbons (Fsp3) is 0.107. The van der Waals surface area contributed by atoms with Crippen LogP contribution in [-0.4, -0.2) is 25.3 Å². The van der Waals surface area contributed by atoms with Gasteiger partial charge < -0.3 is 11.1 Å². The highest BCUT2D eigenvalue weighted by molar-refractivity contribution is 7.90. The summed E-state index contributed by atoms with van der Waals surface area (Å²) in [6, 6.07) is 13.3. The molecular formula is C28H23F3N4O4S. The summed E-state index contributed by atoms with van der Waals surface area (Å²) in [5, 5.41) is 2.46. The molecule has 1 aromatic heterocycles. The van der Waals surface area contributed by atoms with Crippen LogP contribution in [0.3, 0.4) is 0 Å². The summed E-state index contributed by atoms with van der Waals surface area (Å²) in [7, 11) is -4.28. The van der Waals surface area contributed by atoms with Crippen molar-refractivity contribution >= 4 is 22.0 Å². The molecule has 0 fully saturated rings. The smallest absolute Gasteiger partial charge is 0.329 e. The van der Waals surface area contributed by atoms with Crippen LogP contribution in [0, 0.1) is 24.4 Å². The molecular weight excluding hydrogens is 545 g/mol. The number of rotatable bonds is 8. The van der Waals surface area contributed by atoms with Crippen molar-refractivity contribution in [3.63, 3.8) is 0 Å². The Morgan fingerprint density at radius 1 is 0.950 bits per heavy atom. The van der Waals surface area contributed by atoms with Crippen molar-refractivity contribution in [1.29, 1.82) is 0 Å². The average molecular weight is 569 g/mol. The van der Waals surface area contributed by atoms with Gasteiger partial charge in [0, 0.05) is 24.2 Å². The van der Waals surface area contributed by atoms with E-state index in [1.807, 2.05) is 4.72 Å². The van der Waals surface area contributed by atoms with Crippen LogP contribution >= 0.6 is 0 Å². The third-order valence-corrected chi connectivity index (χ3v) is 7.52. The van der Waals surface area contributed by atoms with Crippen LogP contribution in [0.4, 0.5) is 18.0 Å². The van der Waals surface area contributed by atoms with Gasteiger partial charge in [0.1, 0.15) is 17.5 Å². The maximum absolute atomic E-state index is 14.1. The number of carbonyl (C=O) groups excluding carboxylic acids is 2. The monoisotopic (exact) mass is 568 g/mol. The van der Waals surface area contributed by atoms with Gasteiger partial charge >= 0.3 is 6.03 Å². The topological polar surface area (TPSA) is 131 Å². The highest BCUT2D eigenvalue weighted by Crippen LogP contribution is 2.29. The molecule has 0 aliphatic carbocycles. The van der Waals surface area contributed by atoms with E-state index < -0.39 is 45.5 Å². The minimum atomic E-state index is -4.28. The molecule has 12 heteroatoms. The fourth-order valence-electron chi connectivity index (χ4n) is 4.19. The molecule has 0 spiro atoms. The summed E-state index contributed by atoms with van der Waals surface area (Å²) in [5.74, 6) is -3.63. The second-order valence-electron chi connectivity index (χ2n) is 8.86. The minimum Gasteiger partial charge on any atom is -0.366 e. The van der Waals surface area contributed by atoms with Crippen LogP contribution in [0.5, 0.6) is 0 Å². The first kappa shape index (κ1) is 28.3. The van der Waals surface area contributed by atoms with Gasteiger partial charge in [0.2, 0.25) is 0 Å². The van der Waals surface area contributed by atoms with Crippen LogP contribution in [-0.2, 0) is 16.4 Å². The minimum absolute atomic E-state index is 0.00512. The lowest BCUT2D eigenvalue weighted by atomic mass is 9.95. The van der Waals surface area contributed by atoms with Crippen molar-refractivity contribution < 1.29 is 31.2 Å². The molecule has 0 bridgehead atoms. The molecule has 3 amide bonds. The molecule has 4 rings (SSSR count). The largest absolute Gasteiger partial charge is 0.366 e. The number of urea groups is 1. The van der Waals surface area contributed by atoms with Gasteiger partial charge in [-0.2, -0.15) is 0 Å². The van der Waals surface area contributed by atoms with E-state index >= 15 is 0 Å². The summed E-state index contributed by atoms with van der Waals surface area (Å²) in [6.07, 6.45) is 1.27. The maximum Gasteiger partial charge on any atom is 0.329 e. The van der Waals surface area contributed by atoms with Gasteiger partial charge in [0.15, 0.2) is 0 Å². The van der Waals surface area contributed by atoms with Gasteiger partial charge in [0.25, 0.3) is 15.9 Å². The number of hydrogen-bond acceptors (Lipinski definition) is 5. The molecule has 1 unspecified atom stereocenters. The van der Waals surface area contributed by atoms with E-state index in [2.05, 4.69) is 10.3 Å². The Morgan fingerprint density at radius 3 is 2.33 bits per heavy atom. The molecule has 8 nitrogen and oxygen atoms in total. The lowest BCUT2D eigenvalue weighted by molar-refractivity contribution is 0.0996. The van der Waals surface area contributed by atoms with E-state index in [-0.39, 0.29) is 22.4 Å². The molecule has 0 saturated carbocycles. The SMILES string of the molecule is Cc1ccccc1S(=O)(=O)NC(=O)NC(Cc1ncccc1-c1ccc(F)c(C(N)=O)c1)c1cc(F)cc(F)c1. The summed E-state index contributed by atoms with van der Waals surface area (Å²) < 4.78 is 69.9. The number of amides is 3. The Morgan fingerprint density at radius 2 is 1.65 bits per heavy atom. The second kappa shape index (κ2) is 11.6. The summed E-state index contributed by atoms with van der Waals surface area (Å²) in [4.78, 5) is 28.8. The molecule has 0 radical (unpaired) electrons. The number of primary amides is 1. The molecule has 4 aromatic rings. The quantitative estimate of drug-likeness (QED) is 0.287. The Balaban J connectivity index is 1.70. The van der Waals surface area contributed by atoms with Crippen molar-refractivity contribution in [2.75, 3.05) is 0 Å². The summed E-state index contributed by atoms with van der Waals surface area (Å²) in [5.41, 5.74) is 6.40. The van der Waals surface area contributed by atoms with E-state index in [1.165, 1.54) is 30.5 Å². The average Bonchev–Trinajstić information content (AvgIpc) is 2.88. The lowest BCUT2D eigenvalue weighted by Gasteiger charge is -2.21. The number of aromatic nitrogens is 1. The Kier molecular flexibility index (Phi) is 8.19. The first-order chi connectivity index (χ1) is 18.9. The van der Waals surface area contributed by atoms with E-state index in [9.17, 15) is 31.2 Å². The number of halogens is 3. The van der Waals surface area contributed by atoms with Gasteiger partial charge in [-0.15, -0.1) is 0 Å². The molecule has 0 aliphatic heterocycles. The zero-order valence-corrected chi connectivity index (χ0v) is 21.8. The molecule has 40 heavy (non-hydrogen) atoms. The lowest BCUT2D eigenvalue weighted by Crippen LogP contribution is -2.42. The van der Waals surface area contributed by atoms with Crippen LogP contribution in [0.15, 0.2) is 83.9 Å². The van der Waals surface area contributed by atoms with Gasteiger partial charge in [-0.05, 0) is 60.0 Å². The number of sulfonamides is 1. The molecule has 0 saturated heterocycles. The van der Waals surface area contributed by atoms with Crippen molar-refractivity contribution in [3.05, 3.63) is 119 Å². The van der Waals surface area contributed by atoms with Crippen molar-refractivity contribution in [2.45, 2.75) is 24.3 Å². The van der Waals surface area contributed by atoms with Crippen molar-refractivity contribution in [3.8, 4) is 11.1 Å². The van der Waals surface area contributed by atoms with Gasteiger partial charge in [0.05, 0.1) is 22.2 Å².